The van der Waals surface area contributed by atoms with Crippen molar-refractivity contribution in [2.75, 3.05) is 11.9 Å². The highest BCUT2D eigenvalue weighted by molar-refractivity contribution is 9.09. The quantitative estimate of drug-likeness (QED) is 0.374. The zero-order valence-electron chi connectivity index (χ0n) is 10.1. The molecule has 0 unspecified atom stereocenters. The molecule has 0 amide bonds. The molecule has 1 heterocycles. The van der Waals surface area contributed by atoms with Crippen LogP contribution in [0.3, 0.4) is 0 Å². The summed E-state index contributed by atoms with van der Waals surface area (Å²) in [4.78, 5) is 2.23. The topological polar surface area (TPSA) is 3.24 Å². The molecule has 0 saturated carbocycles. The molecule has 1 aliphatic rings. The van der Waals surface area contributed by atoms with Gasteiger partial charge >= 0.3 is 0 Å². The van der Waals surface area contributed by atoms with Crippen LogP contribution in [0, 0.1) is 0 Å². The normalized spacial score (nSPS) is 15.9. The van der Waals surface area contributed by atoms with E-state index in [1.165, 1.54) is 36.2 Å². The minimum absolute atomic E-state index is 0.923. The van der Waals surface area contributed by atoms with Crippen LogP contribution in [0.5, 0.6) is 0 Å². The van der Waals surface area contributed by atoms with Gasteiger partial charge in [0, 0.05) is 23.3 Å². The molecule has 90 valence electrons. The Labute approximate surface area is 108 Å². The largest absolute Gasteiger partial charge is 0.346 e. The predicted molar refractivity (Wildman–Crippen MR) is 75.6 cm³/mol. The van der Waals surface area contributed by atoms with Gasteiger partial charge in [-0.1, -0.05) is 47.7 Å². The van der Waals surface area contributed by atoms with Crippen molar-refractivity contribution in [1.82, 2.24) is 4.90 Å². The Morgan fingerprint density at radius 3 is 2.31 bits per heavy atom. The molecule has 1 nitrogen and oxygen atoms in total. The van der Waals surface area contributed by atoms with Crippen LogP contribution >= 0.6 is 15.9 Å². The Morgan fingerprint density at radius 1 is 1.12 bits per heavy atom. The van der Waals surface area contributed by atoms with Gasteiger partial charge in [-0.25, -0.2) is 0 Å². The molecule has 0 aromatic carbocycles. The third-order valence-corrected chi connectivity index (χ3v) is 3.57. The van der Waals surface area contributed by atoms with Crippen molar-refractivity contribution in [3.8, 4) is 0 Å². The zero-order chi connectivity index (χ0) is 12.0. The van der Waals surface area contributed by atoms with Gasteiger partial charge in [0.25, 0.3) is 0 Å². The summed E-state index contributed by atoms with van der Waals surface area (Å²) in [5.41, 5.74) is 3.71. The first-order valence-electron chi connectivity index (χ1n) is 6.01. The van der Waals surface area contributed by atoms with Crippen LogP contribution in [0.4, 0.5) is 0 Å². The highest BCUT2D eigenvalue weighted by Crippen LogP contribution is 2.29. The second-order valence-corrected chi connectivity index (χ2v) is 5.26. The van der Waals surface area contributed by atoms with E-state index in [4.69, 9.17) is 0 Å². The molecule has 1 fully saturated rings. The van der Waals surface area contributed by atoms with Gasteiger partial charge in [-0.05, 0) is 32.1 Å². The number of likely N-dealkylation sites (tertiary alicyclic amines) is 1. The lowest BCUT2D eigenvalue weighted by Crippen LogP contribution is -2.17. The minimum atomic E-state index is 0.923. The van der Waals surface area contributed by atoms with Gasteiger partial charge in [-0.3, -0.25) is 0 Å². The van der Waals surface area contributed by atoms with Crippen LogP contribution in [0.2, 0.25) is 0 Å². The van der Waals surface area contributed by atoms with Crippen LogP contribution in [0.25, 0.3) is 0 Å². The first kappa shape index (κ1) is 13.6. The minimum Gasteiger partial charge on any atom is -0.346 e. The van der Waals surface area contributed by atoms with Gasteiger partial charge in [-0.15, -0.1) is 0 Å². The molecule has 0 aliphatic carbocycles. The summed E-state index contributed by atoms with van der Waals surface area (Å²) in [5.74, 6) is 0. The SMILES string of the molecule is C=C(CCCCCBr)CN1C(=C)CCC1=C. The summed E-state index contributed by atoms with van der Waals surface area (Å²) in [6.07, 6.45) is 7.05. The molecule has 0 aromatic rings. The van der Waals surface area contributed by atoms with E-state index in [1.54, 1.807) is 0 Å². The van der Waals surface area contributed by atoms with Crippen LogP contribution < -0.4 is 0 Å². The van der Waals surface area contributed by atoms with Crippen molar-refractivity contribution >= 4 is 15.9 Å². The van der Waals surface area contributed by atoms with Gasteiger partial charge in [-0.2, -0.15) is 0 Å². The van der Waals surface area contributed by atoms with E-state index in [1.807, 2.05) is 0 Å². The van der Waals surface area contributed by atoms with Crippen molar-refractivity contribution in [3.05, 3.63) is 36.7 Å². The third-order valence-electron chi connectivity index (χ3n) is 3.01. The summed E-state index contributed by atoms with van der Waals surface area (Å²) < 4.78 is 0. The molecule has 0 bridgehead atoms. The maximum absolute atomic E-state index is 4.15. The summed E-state index contributed by atoms with van der Waals surface area (Å²) in [7, 11) is 0. The number of hydrogen-bond acceptors (Lipinski definition) is 1. The fourth-order valence-electron chi connectivity index (χ4n) is 1.95. The number of nitrogens with zero attached hydrogens (tertiary/aromatic N) is 1. The van der Waals surface area contributed by atoms with E-state index in [2.05, 4.69) is 40.6 Å². The average molecular weight is 284 g/mol. The average Bonchev–Trinajstić information content (AvgIpc) is 2.56. The molecular weight excluding hydrogens is 262 g/mol. The number of unbranched alkanes of at least 4 members (excludes halogenated alkanes) is 2. The van der Waals surface area contributed by atoms with Crippen LogP contribution in [0.1, 0.15) is 38.5 Å². The standard InChI is InChI=1S/C14H22BrN/c1-12(7-5-4-6-10-15)11-16-13(2)8-9-14(16)3/h1-11H2. The van der Waals surface area contributed by atoms with Crippen molar-refractivity contribution in [2.45, 2.75) is 38.5 Å². The monoisotopic (exact) mass is 283 g/mol. The fourth-order valence-corrected chi connectivity index (χ4v) is 2.35. The van der Waals surface area contributed by atoms with Crippen molar-refractivity contribution in [1.29, 1.82) is 0 Å². The van der Waals surface area contributed by atoms with E-state index in [0.717, 1.165) is 31.1 Å². The molecule has 0 spiro atoms. The van der Waals surface area contributed by atoms with Gasteiger partial charge < -0.3 is 4.90 Å². The zero-order valence-corrected chi connectivity index (χ0v) is 11.7. The smallest absolute Gasteiger partial charge is 0.0432 e. The Hall–Kier alpha value is -0.500. The number of hydrogen-bond donors (Lipinski definition) is 0. The summed E-state index contributed by atoms with van der Waals surface area (Å²) in [5, 5.41) is 1.11. The molecule has 0 atom stereocenters. The van der Waals surface area contributed by atoms with E-state index < -0.39 is 0 Å². The van der Waals surface area contributed by atoms with Crippen molar-refractivity contribution < 1.29 is 0 Å². The van der Waals surface area contributed by atoms with Crippen LogP contribution in [-0.2, 0) is 0 Å². The molecule has 1 rings (SSSR count). The van der Waals surface area contributed by atoms with E-state index in [0.29, 0.717) is 0 Å². The predicted octanol–water partition coefficient (Wildman–Crippen LogP) is 4.62. The third kappa shape index (κ3) is 4.17. The lowest BCUT2D eigenvalue weighted by Gasteiger charge is -2.21. The Kier molecular flexibility index (Phi) is 5.89. The number of alkyl halides is 1. The number of halogens is 1. The molecule has 1 saturated heterocycles. The maximum Gasteiger partial charge on any atom is 0.0432 e. The summed E-state index contributed by atoms with van der Waals surface area (Å²) >= 11 is 3.45. The van der Waals surface area contributed by atoms with Crippen LogP contribution in [0.15, 0.2) is 36.7 Å². The molecule has 1 aliphatic heterocycles. The number of allylic oxidation sites excluding steroid dienone is 2. The van der Waals surface area contributed by atoms with E-state index in [-0.39, 0.29) is 0 Å². The molecule has 0 aromatic heterocycles. The van der Waals surface area contributed by atoms with E-state index >= 15 is 0 Å². The highest BCUT2D eigenvalue weighted by atomic mass is 79.9. The van der Waals surface area contributed by atoms with Gasteiger partial charge in [0.05, 0.1) is 0 Å². The molecule has 0 radical (unpaired) electrons. The van der Waals surface area contributed by atoms with Gasteiger partial charge in [0.2, 0.25) is 0 Å². The first-order valence-corrected chi connectivity index (χ1v) is 7.13. The summed E-state index contributed by atoms with van der Waals surface area (Å²) in [6, 6.07) is 0. The first-order chi connectivity index (χ1) is 7.65. The van der Waals surface area contributed by atoms with Crippen molar-refractivity contribution in [2.24, 2.45) is 0 Å². The second-order valence-electron chi connectivity index (χ2n) is 4.47. The Balaban J connectivity index is 2.23. The van der Waals surface area contributed by atoms with Crippen LogP contribution in [-0.4, -0.2) is 16.8 Å². The highest BCUT2D eigenvalue weighted by Gasteiger charge is 2.18. The molecule has 16 heavy (non-hydrogen) atoms. The molecular formula is C14H22BrN. The second kappa shape index (κ2) is 6.95. The van der Waals surface area contributed by atoms with Gasteiger partial charge in [0.1, 0.15) is 0 Å². The van der Waals surface area contributed by atoms with Gasteiger partial charge in [0.15, 0.2) is 0 Å². The lowest BCUT2D eigenvalue weighted by molar-refractivity contribution is 0.488. The molecule has 2 heteroatoms. The van der Waals surface area contributed by atoms with Crippen molar-refractivity contribution in [3.63, 3.8) is 0 Å². The Bertz CT molecular complexity index is 264. The van der Waals surface area contributed by atoms with E-state index in [9.17, 15) is 0 Å². The lowest BCUT2D eigenvalue weighted by atomic mass is 10.1. The molecule has 0 N–H and O–H groups in total. The fraction of sp³-hybridized carbons (Fsp3) is 0.571. The summed E-state index contributed by atoms with van der Waals surface area (Å²) in [6.45, 7) is 13.2. The maximum atomic E-state index is 4.15. The Morgan fingerprint density at radius 2 is 1.75 bits per heavy atom. The number of rotatable bonds is 7.